The van der Waals surface area contributed by atoms with Crippen LogP contribution in [0, 0.1) is 0 Å². The molecule has 7 nitrogen and oxygen atoms in total. The molecule has 0 unspecified atom stereocenters. The Morgan fingerprint density at radius 1 is 0.974 bits per heavy atom. The van der Waals surface area contributed by atoms with Crippen LogP contribution in [0.15, 0.2) is 66.9 Å². The number of ether oxygens (including phenoxy) is 2. The number of hydrogen-bond acceptors (Lipinski definition) is 5. The Hall–Kier alpha value is -2.55. The van der Waals surface area contributed by atoms with Gasteiger partial charge in [-0.3, -0.25) is 9.69 Å². The first-order valence-corrected chi connectivity index (χ1v) is 13.8. The average molecular weight is 558 g/mol. The highest BCUT2D eigenvalue weighted by molar-refractivity contribution is 6.32. The second kappa shape index (κ2) is 12.1. The second-order valence-corrected chi connectivity index (χ2v) is 11.0. The molecule has 2 aromatic carbocycles. The van der Waals surface area contributed by atoms with Gasteiger partial charge in [-0.15, -0.1) is 0 Å². The summed E-state index contributed by atoms with van der Waals surface area (Å²) in [4.78, 5) is 20.0. The molecule has 0 saturated carbocycles. The minimum Gasteiger partial charge on any atom is -0.491 e. The summed E-state index contributed by atoms with van der Waals surface area (Å²) in [6.07, 6.45) is 2.30. The van der Waals surface area contributed by atoms with Gasteiger partial charge in [-0.2, -0.15) is 0 Å². The highest BCUT2D eigenvalue weighted by Crippen LogP contribution is 2.28. The number of benzene rings is 2. The van der Waals surface area contributed by atoms with Gasteiger partial charge >= 0.3 is 0 Å². The van der Waals surface area contributed by atoms with Gasteiger partial charge in [0.1, 0.15) is 18.0 Å². The third-order valence-electron chi connectivity index (χ3n) is 7.30. The van der Waals surface area contributed by atoms with Crippen LogP contribution in [0.3, 0.4) is 0 Å². The Bertz CT molecular complexity index is 1230. The van der Waals surface area contributed by atoms with E-state index in [4.69, 9.17) is 32.7 Å². The number of carbonyl (C=O) groups is 1. The Morgan fingerprint density at radius 3 is 2.50 bits per heavy atom. The van der Waals surface area contributed by atoms with E-state index < -0.39 is 5.60 Å². The summed E-state index contributed by atoms with van der Waals surface area (Å²) >= 11 is 12.6. The molecule has 2 aliphatic rings. The minimum atomic E-state index is -0.764. The number of likely N-dealkylation sites (N-methyl/N-ethyl adjacent to an activating group) is 1. The Labute approximate surface area is 234 Å². The highest BCUT2D eigenvalue weighted by Gasteiger charge is 2.41. The van der Waals surface area contributed by atoms with Gasteiger partial charge in [-0.25, -0.2) is 0 Å². The molecule has 1 atom stereocenters. The maximum absolute atomic E-state index is 13.5. The van der Waals surface area contributed by atoms with Crippen LogP contribution in [0.4, 0.5) is 0 Å². The molecule has 2 saturated heterocycles. The maximum Gasteiger partial charge on any atom is 0.225 e. The van der Waals surface area contributed by atoms with Gasteiger partial charge < -0.3 is 23.8 Å². The largest absolute Gasteiger partial charge is 0.491 e. The quantitative estimate of drug-likeness (QED) is 0.406. The Balaban J connectivity index is 1.33. The van der Waals surface area contributed by atoms with Crippen molar-refractivity contribution >= 4 is 29.1 Å². The predicted octanol–water partition coefficient (Wildman–Crippen LogP) is 4.60. The molecule has 202 valence electrons. The monoisotopic (exact) mass is 556 g/mol. The van der Waals surface area contributed by atoms with Crippen molar-refractivity contribution in [3.8, 4) is 11.4 Å². The van der Waals surface area contributed by atoms with Crippen molar-refractivity contribution < 1.29 is 14.3 Å². The van der Waals surface area contributed by atoms with Gasteiger partial charge in [-0.05, 0) is 55.6 Å². The molecule has 38 heavy (non-hydrogen) atoms. The normalized spacial score (nSPS) is 21.0. The van der Waals surface area contributed by atoms with Crippen molar-refractivity contribution in [1.29, 1.82) is 0 Å². The number of nitrogens with zero attached hydrogens (tertiary/aromatic N) is 4. The molecule has 0 N–H and O–H groups in total. The lowest BCUT2D eigenvalue weighted by Gasteiger charge is -2.43. The number of aromatic nitrogens is 1. The van der Waals surface area contributed by atoms with Gasteiger partial charge in [0.05, 0.1) is 23.7 Å². The van der Waals surface area contributed by atoms with Crippen LogP contribution in [0.2, 0.25) is 10.0 Å². The van der Waals surface area contributed by atoms with Crippen LogP contribution in [-0.2, 0) is 16.1 Å². The molecule has 0 spiro atoms. The average Bonchev–Trinajstić information content (AvgIpc) is 3.37. The second-order valence-electron chi connectivity index (χ2n) is 10.2. The molecule has 1 amide bonds. The number of amides is 1. The van der Waals surface area contributed by atoms with Gasteiger partial charge in [0.15, 0.2) is 0 Å². The van der Waals surface area contributed by atoms with E-state index in [0.29, 0.717) is 35.5 Å². The summed E-state index contributed by atoms with van der Waals surface area (Å²) in [6, 6.07) is 19.3. The predicted molar refractivity (Wildman–Crippen MR) is 150 cm³/mol. The summed E-state index contributed by atoms with van der Waals surface area (Å²) in [6.45, 7) is 6.07. The van der Waals surface area contributed by atoms with Crippen LogP contribution in [0.5, 0.6) is 5.75 Å². The smallest absolute Gasteiger partial charge is 0.225 e. The number of halogens is 2. The molecule has 0 bridgehead atoms. The number of para-hydroxylation sites is 1. The van der Waals surface area contributed by atoms with E-state index in [9.17, 15) is 4.79 Å². The standard InChI is InChI=1S/C29H34Cl2N4O3/c1-32-13-15-34(16-14-32)28(36)19-29(22-37-25-10-8-23(30)9-11-25)21-33(17-18-38-29)20-24-5-4-12-35(24)27-7-3-2-6-26(27)31/h2-12H,13-22H2,1H3/t29-/m0/s1. The number of morpholine rings is 1. The van der Waals surface area contributed by atoms with Crippen molar-refractivity contribution in [3.05, 3.63) is 82.6 Å². The number of piperazine rings is 1. The minimum absolute atomic E-state index is 0.110. The molecular weight excluding hydrogens is 523 g/mol. The summed E-state index contributed by atoms with van der Waals surface area (Å²) in [5.74, 6) is 0.813. The van der Waals surface area contributed by atoms with Gasteiger partial charge in [0, 0.05) is 62.7 Å². The zero-order valence-electron chi connectivity index (χ0n) is 21.7. The van der Waals surface area contributed by atoms with Gasteiger partial charge in [-0.1, -0.05) is 35.3 Å². The van der Waals surface area contributed by atoms with E-state index in [1.54, 1.807) is 12.1 Å². The van der Waals surface area contributed by atoms with Crippen molar-refractivity contribution in [2.45, 2.75) is 18.6 Å². The van der Waals surface area contributed by atoms with E-state index in [0.717, 1.165) is 44.1 Å². The Morgan fingerprint density at radius 2 is 1.74 bits per heavy atom. The number of rotatable bonds is 8. The fraction of sp³-hybridized carbons (Fsp3) is 0.414. The molecule has 2 fully saturated rings. The zero-order valence-corrected chi connectivity index (χ0v) is 23.2. The van der Waals surface area contributed by atoms with Crippen molar-refractivity contribution in [3.63, 3.8) is 0 Å². The third-order valence-corrected chi connectivity index (χ3v) is 7.87. The third kappa shape index (κ3) is 6.53. The van der Waals surface area contributed by atoms with Gasteiger partial charge in [0.25, 0.3) is 0 Å². The summed E-state index contributed by atoms with van der Waals surface area (Å²) < 4.78 is 14.7. The van der Waals surface area contributed by atoms with Crippen molar-refractivity contribution in [2.24, 2.45) is 0 Å². The summed E-state index contributed by atoms with van der Waals surface area (Å²) in [7, 11) is 2.09. The van der Waals surface area contributed by atoms with Crippen molar-refractivity contribution in [2.75, 3.05) is 59.5 Å². The lowest BCUT2D eigenvalue weighted by molar-refractivity contribution is -0.158. The molecule has 9 heteroatoms. The van der Waals surface area contributed by atoms with Crippen LogP contribution >= 0.6 is 23.2 Å². The highest BCUT2D eigenvalue weighted by atomic mass is 35.5. The van der Waals surface area contributed by atoms with Crippen molar-refractivity contribution in [1.82, 2.24) is 19.3 Å². The van der Waals surface area contributed by atoms with E-state index in [2.05, 4.69) is 27.5 Å². The molecule has 0 aliphatic carbocycles. The number of hydrogen-bond donors (Lipinski definition) is 0. The molecule has 2 aliphatic heterocycles. The molecule has 3 aromatic rings. The lowest BCUT2D eigenvalue weighted by Crippen LogP contribution is -2.58. The van der Waals surface area contributed by atoms with E-state index >= 15 is 0 Å². The first-order chi connectivity index (χ1) is 18.4. The lowest BCUT2D eigenvalue weighted by atomic mass is 9.96. The maximum atomic E-state index is 13.5. The molecule has 5 rings (SSSR count). The van der Waals surface area contributed by atoms with Crippen LogP contribution < -0.4 is 4.74 Å². The van der Waals surface area contributed by atoms with Crippen LogP contribution in [0.25, 0.3) is 5.69 Å². The molecular formula is C29H34Cl2N4O3. The fourth-order valence-corrected chi connectivity index (χ4v) is 5.50. The van der Waals surface area contributed by atoms with Crippen LogP contribution in [0.1, 0.15) is 12.1 Å². The van der Waals surface area contributed by atoms with E-state index in [-0.39, 0.29) is 18.9 Å². The fourth-order valence-electron chi connectivity index (χ4n) is 5.15. The molecule has 3 heterocycles. The van der Waals surface area contributed by atoms with E-state index in [1.165, 1.54) is 0 Å². The van der Waals surface area contributed by atoms with Gasteiger partial charge in [0.2, 0.25) is 5.91 Å². The SMILES string of the molecule is CN1CCN(C(=O)C[C@@]2(COc3ccc(Cl)cc3)CN(Cc3cccn3-c3ccccc3Cl)CCO2)CC1. The van der Waals surface area contributed by atoms with E-state index in [1.807, 2.05) is 53.6 Å². The topological polar surface area (TPSA) is 50.2 Å². The summed E-state index contributed by atoms with van der Waals surface area (Å²) in [5, 5.41) is 1.36. The molecule has 1 aromatic heterocycles. The summed E-state index contributed by atoms with van der Waals surface area (Å²) in [5.41, 5.74) is 1.31. The molecule has 0 radical (unpaired) electrons. The van der Waals surface area contributed by atoms with Crippen LogP contribution in [-0.4, -0.2) is 90.3 Å². The first kappa shape index (κ1) is 27.0. The Kier molecular flexibility index (Phi) is 8.61. The number of carbonyl (C=O) groups excluding carboxylic acids is 1. The zero-order chi connectivity index (χ0) is 26.5. The first-order valence-electron chi connectivity index (χ1n) is 13.0.